The SMILES string of the molecule is CCc1ccc(C2CCNCC2)cc1OC(F)(F)F. The van der Waals surface area contributed by atoms with Gasteiger partial charge in [0.2, 0.25) is 0 Å². The molecule has 0 bridgehead atoms. The lowest BCUT2D eigenvalue weighted by Crippen LogP contribution is -2.26. The number of alkyl halides is 3. The minimum atomic E-state index is -4.63. The van der Waals surface area contributed by atoms with Gasteiger partial charge in [-0.1, -0.05) is 19.1 Å². The molecule has 0 spiro atoms. The van der Waals surface area contributed by atoms with Gasteiger partial charge in [0.05, 0.1) is 0 Å². The van der Waals surface area contributed by atoms with Gasteiger partial charge in [-0.2, -0.15) is 0 Å². The van der Waals surface area contributed by atoms with Crippen molar-refractivity contribution in [2.24, 2.45) is 0 Å². The zero-order chi connectivity index (χ0) is 13.9. The molecule has 106 valence electrons. The summed E-state index contributed by atoms with van der Waals surface area (Å²) in [7, 11) is 0. The molecular weight excluding hydrogens is 255 g/mol. The zero-order valence-corrected chi connectivity index (χ0v) is 10.9. The number of benzene rings is 1. The minimum absolute atomic E-state index is 0.0500. The van der Waals surface area contributed by atoms with E-state index in [2.05, 4.69) is 10.1 Å². The Morgan fingerprint density at radius 2 is 1.95 bits per heavy atom. The van der Waals surface area contributed by atoms with E-state index in [1.54, 1.807) is 12.1 Å². The number of aryl methyl sites for hydroxylation is 1. The molecule has 1 aromatic carbocycles. The fraction of sp³-hybridized carbons (Fsp3) is 0.571. The fourth-order valence-electron chi connectivity index (χ4n) is 2.49. The number of nitrogens with one attached hydrogen (secondary N) is 1. The van der Waals surface area contributed by atoms with E-state index in [0.717, 1.165) is 31.5 Å². The van der Waals surface area contributed by atoms with Crippen LogP contribution >= 0.6 is 0 Å². The topological polar surface area (TPSA) is 21.3 Å². The molecule has 2 nitrogen and oxygen atoms in total. The van der Waals surface area contributed by atoms with Crippen molar-refractivity contribution in [3.63, 3.8) is 0 Å². The molecule has 19 heavy (non-hydrogen) atoms. The number of ether oxygens (including phenoxy) is 1. The van der Waals surface area contributed by atoms with Gasteiger partial charge in [0.25, 0.3) is 0 Å². The quantitative estimate of drug-likeness (QED) is 0.908. The monoisotopic (exact) mass is 273 g/mol. The second-order valence-corrected chi connectivity index (χ2v) is 4.79. The molecule has 1 aliphatic heterocycles. The standard InChI is InChI=1S/C14H18F3NO/c1-2-10-3-4-12(11-5-7-18-8-6-11)9-13(10)19-14(15,16)17/h3-4,9,11,18H,2,5-8H2,1H3. The van der Waals surface area contributed by atoms with E-state index in [1.165, 1.54) is 0 Å². The van der Waals surface area contributed by atoms with Gasteiger partial charge < -0.3 is 10.1 Å². The van der Waals surface area contributed by atoms with Gasteiger partial charge >= 0.3 is 6.36 Å². The van der Waals surface area contributed by atoms with E-state index < -0.39 is 6.36 Å². The summed E-state index contributed by atoms with van der Waals surface area (Å²) >= 11 is 0. The Morgan fingerprint density at radius 3 is 2.53 bits per heavy atom. The predicted octanol–water partition coefficient (Wildman–Crippen LogP) is 3.61. The number of hydrogen-bond acceptors (Lipinski definition) is 2. The van der Waals surface area contributed by atoms with Crippen LogP contribution in [0.3, 0.4) is 0 Å². The lowest BCUT2D eigenvalue weighted by Gasteiger charge is -2.24. The average molecular weight is 273 g/mol. The lowest BCUT2D eigenvalue weighted by atomic mass is 9.89. The summed E-state index contributed by atoms with van der Waals surface area (Å²) in [4.78, 5) is 0. The zero-order valence-electron chi connectivity index (χ0n) is 10.9. The summed E-state index contributed by atoms with van der Waals surface area (Å²) in [5.74, 6) is 0.272. The molecule has 0 saturated carbocycles. The molecule has 0 aliphatic carbocycles. The first-order valence-corrected chi connectivity index (χ1v) is 6.59. The minimum Gasteiger partial charge on any atom is -0.405 e. The first-order chi connectivity index (χ1) is 8.99. The van der Waals surface area contributed by atoms with E-state index in [0.29, 0.717) is 17.9 Å². The number of halogens is 3. The van der Waals surface area contributed by atoms with E-state index >= 15 is 0 Å². The highest BCUT2D eigenvalue weighted by Gasteiger charge is 2.32. The molecule has 0 aromatic heterocycles. The van der Waals surface area contributed by atoms with E-state index in [4.69, 9.17) is 0 Å². The molecular formula is C14H18F3NO. The van der Waals surface area contributed by atoms with E-state index in [9.17, 15) is 13.2 Å². The van der Waals surface area contributed by atoms with Crippen LogP contribution in [0.25, 0.3) is 0 Å². The van der Waals surface area contributed by atoms with Gasteiger partial charge in [0.1, 0.15) is 5.75 Å². The molecule has 5 heteroatoms. The summed E-state index contributed by atoms with van der Waals surface area (Å²) in [6.07, 6.45) is -2.19. The third-order valence-corrected chi connectivity index (χ3v) is 3.51. The molecule has 1 saturated heterocycles. The van der Waals surface area contributed by atoms with Crippen LogP contribution in [-0.2, 0) is 6.42 Å². The van der Waals surface area contributed by atoms with Crippen LogP contribution in [0.2, 0.25) is 0 Å². The lowest BCUT2D eigenvalue weighted by molar-refractivity contribution is -0.274. The third kappa shape index (κ3) is 3.86. The van der Waals surface area contributed by atoms with Gasteiger partial charge in [0, 0.05) is 0 Å². The third-order valence-electron chi connectivity index (χ3n) is 3.51. The van der Waals surface area contributed by atoms with Crippen molar-refractivity contribution in [1.29, 1.82) is 0 Å². The molecule has 0 unspecified atom stereocenters. The smallest absolute Gasteiger partial charge is 0.405 e. The second-order valence-electron chi connectivity index (χ2n) is 4.79. The molecule has 1 fully saturated rings. The van der Waals surface area contributed by atoms with Crippen molar-refractivity contribution in [1.82, 2.24) is 5.32 Å². The van der Waals surface area contributed by atoms with E-state index in [-0.39, 0.29) is 5.75 Å². The van der Waals surface area contributed by atoms with Crippen LogP contribution in [0.5, 0.6) is 5.75 Å². The normalized spacial score (nSPS) is 17.5. The molecule has 2 rings (SSSR count). The fourth-order valence-corrected chi connectivity index (χ4v) is 2.49. The Balaban J connectivity index is 2.24. The number of piperidine rings is 1. The number of hydrogen-bond donors (Lipinski definition) is 1. The van der Waals surface area contributed by atoms with Crippen LogP contribution in [0, 0.1) is 0 Å². The highest BCUT2D eigenvalue weighted by molar-refractivity contribution is 5.39. The first kappa shape index (κ1) is 14.2. The number of rotatable bonds is 3. The largest absolute Gasteiger partial charge is 0.573 e. The molecule has 0 amide bonds. The van der Waals surface area contributed by atoms with Crippen LogP contribution in [0.15, 0.2) is 18.2 Å². The maximum atomic E-state index is 12.4. The van der Waals surface area contributed by atoms with Crippen molar-refractivity contribution in [3.8, 4) is 5.75 Å². The molecule has 1 aliphatic rings. The van der Waals surface area contributed by atoms with Crippen LogP contribution in [-0.4, -0.2) is 19.5 Å². The van der Waals surface area contributed by atoms with Gasteiger partial charge in [-0.3, -0.25) is 0 Å². The maximum absolute atomic E-state index is 12.4. The predicted molar refractivity (Wildman–Crippen MR) is 67.3 cm³/mol. The van der Waals surface area contributed by atoms with Gasteiger partial charge in [-0.25, -0.2) is 0 Å². The highest BCUT2D eigenvalue weighted by Crippen LogP contribution is 2.33. The van der Waals surface area contributed by atoms with Crippen molar-refractivity contribution in [2.45, 2.75) is 38.5 Å². The van der Waals surface area contributed by atoms with Gasteiger partial charge in [0.15, 0.2) is 0 Å². The first-order valence-electron chi connectivity index (χ1n) is 6.59. The molecule has 1 N–H and O–H groups in total. The second kappa shape index (κ2) is 5.82. The summed E-state index contributed by atoms with van der Waals surface area (Å²) in [5, 5.41) is 3.25. The molecule has 0 radical (unpaired) electrons. The summed E-state index contributed by atoms with van der Waals surface area (Å²) < 4.78 is 41.3. The van der Waals surface area contributed by atoms with Crippen LogP contribution < -0.4 is 10.1 Å². The Kier molecular flexibility index (Phi) is 4.34. The maximum Gasteiger partial charge on any atom is 0.573 e. The molecule has 0 atom stereocenters. The Morgan fingerprint density at radius 1 is 1.26 bits per heavy atom. The van der Waals surface area contributed by atoms with Crippen molar-refractivity contribution in [2.75, 3.05) is 13.1 Å². The summed E-state index contributed by atoms with van der Waals surface area (Å²) in [6, 6.07) is 5.23. The highest BCUT2D eigenvalue weighted by atomic mass is 19.4. The van der Waals surface area contributed by atoms with Crippen molar-refractivity contribution >= 4 is 0 Å². The summed E-state index contributed by atoms with van der Waals surface area (Å²) in [6.45, 7) is 3.65. The van der Waals surface area contributed by atoms with Gasteiger partial charge in [-0.05, 0) is 55.5 Å². The Labute approximate surface area is 111 Å². The van der Waals surface area contributed by atoms with E-state index in [1.807, 2.05) is 13.0 Å². The van der Waals surface area contributed by atoms with Crippen LogP contribution in [0.1, 0.15) is 36.8 Å². The average Bonchev–Trinajstić information content (AvgIpc) is 2.38. The van der Waals surface area contributed by atoms with Crippen LogP contribution in [0.4, 0.5) is 13.2 Å². The Hall–Kier alpha value is -1.23. The molecule has 1 aromatic rings. The summed E-state index contributed by atoms with van der Waals surface area (Å²) in [5.41, 5.74) is 1.54. The van der Waals surface area contributed by atoms with Gasteiger partial charge in [-0.15, -0.1) is 13.2 Å². The van der Waals surface area contributed by atoms with Crippen molar-refractivity contribution < 1.29 is 17.9 Å². The van der Waals surface area contributed by atoms with Crippen molar-refractivity contribution in [3.05, 3.63) is 29.3 Å². The molecule has 1 heterocycles. The Bertz CT molecular complexity index is 425.